The van der Waals surface area contributed by atoms with Crippen molar-refractivity contribution in [2.45, 2.75) is 51.6 Å². The minimum atomic E-state index is 0.127. The van der Waals surface area contributed by atoms with Crippen LogP contribution < -0.4 is 5.32 Å². The van der Waals surface area contributed by atoms with E-state index in [-0.39, 0.29) is 5.91 Å². The summed E-state index contributed by atoms with van der Waals surface area (Å²) in [5.74, 6) is 6.44. The number of amides is 1. The predicted molar refractivity (Wildman–Crippen MR) is 115 cm³/mol. The molecule has 146 valence electrons. The number of hydrogen-bond acceptors (Lipinski definition) is 2. The molecule has 0 aromatic heterocycles. The summed E-state index contributed by atoms with van der Waals surface area (Å²) in [5.41, 5.74) is 2.66. The fourth-order valence-corrected chi connectivity index (χ4v) is 3.71. The standard InChI is InChI=1S/C25H30N2O/c1-3-7-20(2)26-24-16-18-27(19-17-24)25(28)23-14-12-22(13-15-23)11-10-21-8-5-4-6-9-21/h4-6,8-9,12-15,20,24,26H,3,7,16-19H2,1-2H3. The molecule has 1 N–H and O–H groups in total. The van der Waals surface area contributed by atoms with E-state index < -0.39 is 0 Å². The Bertz CT molecular complexity index is 809. The first-order valence-electron chi connectivity index (χ1n) is 10.4. The largest absolute Gasteiger partial charge is 0.339 e. The summed E-state index contributed by atoms with van der Waals surface area (Å²) in [5, 5.41) is 3.70. The van der Waals surface area contributed by atoms with Gasteiger partial charge in [-0.05, 0) is 62.6 Å². The first-order valence-corrected chi connectivity index (χ1v) is 10.4. The van der Waals surface area contributed by atoms with Crippen molar-refractivity contribution in [1.82, 2.24) is 10.2 Å². The average Bonchev–Trinajstić information content (AvgIpc) is 2.73. The van der Waals surface area contributed by atoms with Crippen LogP contribution in [0.15, 0.2) is 54.6 Å². The molecule has 1 heterocycles. The highest BCUT2D eigenvalue weighted by Gasteiger charge is 2.24. The number of carbonyl (C=O) groups is 1. The summed E-state index contributed by atoms with van der Waals surface area (Å²) in [6, 6.07) is 18.7. The van der Waals surface area contributed by atoms with Crippen molar-refractivity contribution in [3.05, 3.63) is 71.3 Å². The van der Waals surface area contributed by atoms with Crippen molar-refractivity contribution in [3.8, 4) is 11.8 Å². The molecule has 2 aromatic carbocycles. The lowest BCUT2D eigenvalue weighted by Gasteiger charge is -2.34. The molecule has 1 aliphatic rings. The van der Waals surface area contributed by atoms with Crippen LogP contribution >= 0.6 is 0 Å². The molecule has 0 bridgehead atoms. The van der Waals surface area contributed by atoms with E-state index in [0.717, 1.165) is 42.6 Å². The summed E-state index contributed by atoms with van der Waals surface area (Å²) in [7, 11) is 0. The smallest absolute Gasteiger partial charge is 0.253 e. The minimum absolute atomic E-state index is 0.127. The number of nitrogens with one attached hydrogen (secondary N) is 1. The van der Waals surface area contributed by atoms with Crippen molar-refractivity contribution in [3.63, 3.8) is 0 Å². The molecule has 3 rings (SSSR count). The van der Waals surface area contributed by atoms with E-state index in [2.05, 4.69) is 31.0 Å². The molecule has 1 aliphatic heterocycles. The summed E-state index contributed by atoms with van der Waals surface area (Å²) in [6.07, 6.45) is 4.47. The molecule has 1 fully saturated rings. The van der Waals surface area contributed by atoms with Crippen LogP contribution in [0.3, 0.4) is 0 Å². The van der Waals surface area contributed by atoms with Crippen molar-refractivity contribution in [1.29, 1.82) is 0 Å². The van der Waals surface area contributed by atoms with Gasteiger partial charge in [-0.2, -0.15) is 0 Å². The van der Waals surface area contributed by atoms with Gasteiger partial charge in [-0.3, -0.25) is 4.79 Å². The van der Waals surface area contributed by atoms with Crippen molar-refractivity contribution in [2.24, 2.45) is 0 Å². The number of carbonyl (C=O) groups excluding carboxylic acids is 1. The van der Waals surface area contributed by atoms with Gasteiger partial charge in [0.15, 0.2) is 0 Å². The second-order valence-corrected chi connectivity index (χ2v) is 7.62. The SMILES string of the molecule is CCCC(C)NC1CCN(C(=O)c2ccc(C#Cc3ccccc3)cc2)CC1. The number of likely N-dealkylation sites (tertiary alicyclic amines) is 1. The van der Waals surface area contributed by atoms with Gasteiger partial charge < -0.3 is 10.2 Å². The van der Waals surface area contributed by atoms with E-state index in [1.165, 1.54) is 12.8 Å². The van der Waals surface area contributed by atoms with Gasteiger partial charge in [0, 0.05) is 41.9 Å². The lowest BCUT2D eigenvalue weighted by Crippen LogP contribution is -2.47. The maximum Gasteiger partial charge on any atom is 0.253 e. The number of piperidine rings is 1. The van der Waals surface area contributed by atoms with Gasteiger partial charge in [-0.25, -0.2) is 0 Å². The van der Waals surface area contributed by atoms with Gasteiger partial charge in [0.25, 0.3) is 5.91 Å². The van der Waals surface area contributed by atoms with E-state index in [4.69, 9.17) is 0 Å². The van der Waals surface area contributed by atoms with Crippen molar-refractivity contribution in [2.75, 3.05) is 13.1 Å². The molecule has 2 aromatic rings. The van der Waals surface area contributed by atoms with Gasteiger partial charge >= 0.3 is 0 Å². The molecule has 3 heteroatoms. The van der Waals surface area contributed by atoms with Crippen LogP contribution in [-0.2, 0) is 0 Å². The number of benzene rings is 2. The molecule has 0 saturated carbocycles. The highest BCUT2D eigenvalue weighted by molar-refractivity contribution is 5.94. The lowest BCUT2D eigenvalue weighted by molar-refractivity contribution is 0.0702. The van der Waals surface area contributed by atoms with E-state index >= 15 is 0 Å². The number of rotatable bonds is 5. The molecule has 0 aliphatic carbocycles. The van der Waals surface area contributed by atoms with Crippen LogP contribution in [0.1, 0.15) is 61.0 Å². The molecule has 1 amide bonds. The Hall–Kier alpha value is -2.57. The van der Waals surface area contributed by atoms with E-state index in [0.29, 0.717) is 12.1 Å². The summed E-state index contributed by atoms with van der Waals surface area (Å²) < 4.78 is 0. The van der Waals surface area contributed by atoms with Gasteiger partial charge in [-0.15, -0.1) is 0 Å². The minimum Gasteiger partial charge on any atom is -0.339 e. The fraction of sp³-hybridized carbons (Fsp3) is 0.400. The van der Waals surface area contributed by atoms with Gasteiger partial charge in [0.1, 0.15) is 0 Å². The summed E-state index contributed by atoms with van der Waals surface area (Å²) >= 11 is 0. The normalized spacial score (nSPS) is 15.6. The second-order valence-electron chi connectivity index (χ2n) is 7.62. The molecular weight excluding hydrogens is 344 g/mol. The van der Waals surface area contributed by atoms with Gasteiger partial charge in [0.05, 0.1) is 0 Å². The average molecular weight is 375 g/mol. The van der Waals surface area contributed by atoms with Crippen LogP contribution in [0.2, 0.25) is 0 Å². The Labute approximate surface area is 169 Å². The predicted octanol–water partition coefficient (Wildman–Crippen LogP) is 4.47. The Kier molecular flexibility index (Phi) is 7.28. The third kappa shape index (κ3) is 5.71. The van der Waals surface area contributed by atoms with Gasteiger partial charge in [-0.1, -0.05) is 43.4 Å². The van der Waals surface area contributed by atoms with Gasteiger partial charge in [0.2, 0.25) is 0 Å². The maximum absolute atomic E-state index is 12.8. The molecule has 0 spiro atoms. The van der Waals surface area contributed by atoms with Crippen LogP contribution in [0, 0.1) is 11.8 Å². The van der Waals surface area contributed by atoms with Crippen LogP contribution in [0.5, 0.6) is 0 Å². The fourth-order valence-electron chi connectivity index (χ4n) is 3.71. The summed E-state index contributed by atoms with van der Waals surface area (Å²) in [4.78, 5) is 14.8. The monoisotopic (exact) mass is 374 g/mol. The first kappa shape index (κ1) is 20.2. The first-order chi connectivity index (χ1) is 13.7. The highest BCUT2D eigenvalue weighted by atomic mass is 16.2. The Morgan fingerprint density at radius 3 is 2.25 bits per heavy atom. The van der Waals surface area contributed by atoms with Crippen LogP contribution in [-0.4, -0.2) is 36.0 Å². The number of nitrogens with zero attached hydrogens (tertiary/aromatic N) is 1. The van der Waals surface area contributed by atoms with E-state index in [9.17, 15) is 4.79 Å². The molecule has 1 saturated heterocycles. The summed E-state index contributed by atoms with van der Waals surface area (Å²) in [6.45, 7) is 6.12. The zero-order chi connectivity index (χ0) is 19.8. The molecule has 3 nitrogen and oxygen atoms in total. The van der Waals surface area contributed by atoms with Crippen LogP contribution in [0.4, 0.5) is 0 Å². The number of hydrogen-bond donors (Lipinski definition) is 1. The topological polar surface area (TPSA) is 32.3 Å². The van der Waals surface area contributed by atoms with E-state index in [1.807, 2.05) is 59.5 Å². The molecule has 28 heavy (non-hydrogen) atoms. The van der Waals surface area contributed by atoms with Crippen molar-refractivity contribution >= 4 is 5.91 Å². The second kappa shape index (κ2) is 10.1. The molecule has 1 atom stereocenters. The van der Waals surface area contributed by atoms with Crippen LogP contribution in [0.25, 0.3) is 0 Å². The maximum atomic E-state index is 12.8. The quantitative estimate of drug-likeness (QED) is 0.783. The third-order valence-electron chi connectivity index (χ3n) is 5.28. The Morgan fingerprint density at radius 1 is 1.04 bits per heavy atom. The van der Waals surface area contributed by atoms with Crippen molar-refractivity contribution < 1.29 is 4.79 Å². The Balaban J connectivity index is 1.53. The molecular formula is C25H30N2O. The third-order valence-corrected chi connectivity index (χ3v) is 5.28. The lowest BCUT2D eigenvalue weighted by atomic mass is 10.0. The molecule has 1 unspecified atom stereocenters. The zero-order valence-electron chi connectivity index (χ0n) is 16.9. The zero-order valence-corrected chi connectivity index (χ0v) is 16.9. The van der Waals surface area contributed by atoms with E-state index in [1.54, 1.807) is 0 Å². The Morgan fingerprint density at radius 2 is 1.64 bits per heavy atom. The highest BCUT2D eigenvalue weighted by Crippen LogP contribution is 2.16. The molecule has 0 radical (unpaired) electrons.